The largest absolute Gasteiger partial charge is 0.496 e. The molecule has 21 heavy (non-hydrogen) atoms. The van der Waals surface area contributed by atoms with Crippen LogP contribution in [0.25, 0.3) is 0 Å². The van der Waals surface area contributed by atoms with Gasteiger partial charge in [-0.05, 0) is 43.9 Å². The van der Waals surface area contributed by atoms with Crippen molar-refractivity contribution >= 4 is 5.97 Å². The Bertz CT molecular complexity index is 484. The number of esters is 1. The van der Waals surface area contributed by atoms with Crippen molar-refractivity contribution in [2.75, 3.05) is 20.3 Å². The van der Waals surface area contributed by atoms with E-state index >= 15 is 0 Å². The second-order valence-corrected chi connectivity index (χ2v) is 5.37. The molecule has 2 atom stereocenters. The van der Waals surface area contributed by atoms with Gasteiger partial charge in [0.15, 0.2) is 0 Å². The number of ether oxygens (including phenoxy) is 3. The van der Waals surface area contributed by atoms with Crippen LogP contribution in [0.5, 0.6) is 5.75 Å². The lowest BCUT2D eigenvalue weighted by Crippen LogP contribution is -2.22. The molecule has 0 aromatic heterocycles. The molecule has 0 aliphatic heterocycles. The molecule has 0 heterocycles. The normalized spacial score (nSPS) is 21.3. The van der Waals surface area contributed by atoms with Crippen LogP contribution in [0.4, 0.5) is 0 Å². The van der Waals surface area contributed by atoms with Crippen molar-refractivity contribution in [3.05, 3.63) is 29.3 Å². The lowest BCUT2D eigenvalue weighted by Gasteiger charge is -2.22. The highest BCUT2D eigenvalue weighted by Crippen LogP contribution is 2.39. The maximum atomic E-state index is 11.4. The summed E-state index contributed by atoms with van der Waals surface area (Å²) in [6, 6.07) is 6.12. The molecular weight excluding hydrogens is 268 g/mol. The van der Waals surface area contributed by atoms with Gasteiger partial charge in [-0.1, -0.05) is 18.6 Å². The number of methoxy groups -OCH3 is 1. The molecule has 1 aliphatic carbocycles. The summed E-state index contributed by atoms with van der Waals surface area (Å²) in [5, 5.41) is 0. The Balaban J connectivity index is 2.06. The minimum Gasteiger partial charge on any atom is -0.496 e. The van der Waals surface area contributed by atoms with Crippen LogP contribution in [0, 0.1) is 6.92 Å². The van der Waals surface area contributed by atoms with E-state index in [-0.39, 0.29) is 18.7 Å². The van der Waals surface area contributed by atoms with Gasteiger partial charge in [0.1, 0.15) is 12.4 Å². The third-order valence-corrected chi connectivity index (χ3v) is 4.12. The summed E-state index contributed by atoms with van der Waals surface area (Å²) < 4.78 is 16.1. The molecule has 116 valence electrons. The summed E-state index contributed by atoms with van der Waals surface area (Å²) in [5.74, 6) is 0.948. The van der Waals surface area contributed by atoms with E-state index in [2.05, 4.69) is 13.0 Å². The van der Waals surface area contributed by atoms with Crippen LogP contribution >= 0.6 is 0 Å². The first-order chi connectivity index (χ1) is 10.2. The number of benzene rings is 1. The molecule has 1 aromatic carbocycles. The van der Waals surface area contributed by atoms with Gasteiger partial charge in [0, 0.05) is 5.92 Å². The van der Waals surface area contributed by atoms with Gasteiger partial charge in [-0.2, -0.15) is 0 Å². The lowest BCUT2D eigenvalue weighted by molar-refractivity contribution is -0.150. The molecule has 4 nitrogen and oxygen atoms in total. The van der Waals surface area contributed by atoms with Gasteiger partial charge in [0.2, 0.25) is 0 Å². The third kappa shape index (κ3) is 3.76. The number of rotatable bonds is 6. The van der Waals surface area contributed by atoms with Gasteiger partial charge in [-0.15, -0.1) is 0 Å². The number of carbonyl (C=O) groups is 1. The fraction of sp³-hybridized carbons (Fsp3) is 0.588. The van der Waals surface area contributed by atoms with Gasteiger partial charge >= 0.3 is 5.97 Å². The van der Waals surface area contributed by atoms with Crippen LogP contribution in [0.1, 0.15) is 43.2 Å². The van der Waals surface area contributed by atoms with E-state index in [4.69, 9.17) is 14.2 Å². The zero-order chi connectivity index (χ0) is 15.2. The topological polar surface area (TPSA) is 44.8 Å². The molecule has 4 heteroatoms. The molecule has 2 rings (SSSR count). The monoisotopic (exact) mass is 292 g/mol. The van der Waals surface area contributed by atoms with Crippen LogP contribution in [0.2, 0.25) is 0 Å². The van der Waals surface area contributed by atoms with E-state index < -0.39 is 0 Å². The van der Waals surface area contributed by atoms with Crippen molar-refractivity contribution in [2.45, 2.75) is 45.1 Å². The van der Waals surface area contributed by atoms with Crippen molar-refractivity contribution in [3.63, 3.8) is 0 Å². The summed E-state index contributed by atoms with van der Waals surface area (Å²) in [6.45, 7) is 4.31. The standard InChI is InChI=1S/C17H24O4/c1-4-20-17(18)11-21-16-10-6-8-14(16)13-7-5-9-15(19-3)12(13)2/h5,7,9,14,16H,4,6,8,10-11H2,1-3H3. The molecule has 0 radical (unpaired) electrons. The Labute approximate surface area is 126 Å². The summed E-state index contributed by atoms with van der Waals surface area (Å²) >= 11 is 0. The molecule has 1 fully saturated rings. The van der Waals surface area contributed by atoms with Crippen molar-refractivity contribution in [1.82, 2.24) is 0 Å². The van der Waals surface area contributed by atoms with Crippen LogP contribution in [-0.2, 0) is 14.3 Å². The summed E-state index contributed by atoms with van der Waals surface area (Å²) in [7, 11) is 1.69. The molecular formula is C17H24O4. The van der Waals surface area contributed by atoms with Gasteiger partial charge in [0.05, 0.1) is 19.8 Å². The summed E-state index contributed by atoms with van der Waals surface area (Å²) in [5.41, 5.74) is 2.43. The van der Waals surface area contributed by atoms with Gasteiger partial charge in [0.25, 0.3) is 0 Å². The summed E-state index contributed by atoms with van der Waals surface area (Å²) in [4.78, 5) is 11.4. The number of carbonyl (C=O) groups excluding carboxylic acids is 1. The van der Waals surface area contributed by atoms with Gasteiger partial charge in [-0.3, -0.25) is 0 Å². The number of hydrogen-bond acceptors (Lipinski definition) is 4. The minimum absolute atomic E-state index is 0.0397. The lowest BCUT2D eigenvalue weighted by atomic mass is 9.91. The Morgan fingerprint density at radius 2 is 2.14 bits per heavy atom. The highest BCUT2D eigenvalue weighted by atomic mass is 16.6. The Hall–Kier alpha value is -1.55. The molecule has 0 bridgehead atoms. The van der Waals surface area contributed by atoms with Crippen molar-refractivity contribution in [2.24, 2.45) is 0 Å². The van der Waals surface area contributed by atoms with Crippen molar-refractivity contribution in [3.8, 4) is 5.75 Å². The Morgan fingerprint density at radius 3 is 2.86 bits per heavy atom. The first-order valence-corrected chi connectivity index (χ1v) is 7.58. The molecule has 0 N–H and O–H groups in total. The smallest absolute Gasteiger partial charge is 0.332 e. The van der Waals surface area contributed by atoms with E-state index in [1.54, 1.807) is 14.0 Å². The Kier molecular flexibility index (Phi) is 5.62. The van der Waals surface area contributed by atoms with Crippen LogP contribution in [0.15, 0.2) is 18.2 Å². The van der Waals surface area contributed by atoms with Crippen LogP contribution in [-0.4, -0.2) is 32.4 Å². The molecule has 0 amide bonds. The predicted octanol–water partition coefficient (Wildman–Crippen LogP) is 3.22. The molecule has 1 aliphatic rings. The predicted molar refractivity (Wildman–Crippen MR) is 80.7 cm³/mol. The average molecular weight is 292 g/mol. The second kappa shape index (κ2) is 7.46. The van der Waals surface area contributed by atoms with E-state index in [1.807, 2.05) is 12.1 Å². The van der Waals surface area contributed by atoms with E-state index in [1.165, 1.54) is 5.56 Å². The van der Waals surface area contributed by atoms with E-state index in [9.17, 15) is 4.79 Å². The van der Waals surface area contributed by atoms with Crippen molar-refractivity contribution < 1.29 is 19.0 Å². The molecule has 1 saturated carbocycles. The maximum Gasteiger partial charge on any atom is 0.332 e. The first kappa shape index (κ1) is 15.8. The first-order valence-electron chi connectivity index (χ1n) is 7.58. The molecule has 0 saturated heterocycles. The molecule has 1 aromatic rings. The quantitative estimate of drug-likeness (QED) is 0.755. The zero-order valence-corrected chi connectivity index (χ0v) is 13.1. The fourth-order valence-electron chi connectivity index (χ4n) is 3.11. The molecule has 2 unspecified atom stereocenters. The minimum atomic E-state index is -0.287. The third-order valence-electron chi connectivity index (χ3n) is 4.12. The highest BCUT2D eigenvalue weighted by Gasteiger charge is 2.31. The SMILES string of the molecule is CCOC(=O)COC1CCCC1c1cccc(OC)c1C. The average Bonchev–Trinajstić information content (AvgIpc) is 2.94. The Morgan fingerprint density at radius 1 is 1.33 bits per heavy atom. The maximum absolute atomic E-state index is 11.4. The van der Waals surface area contributed by atoms with Crippen LogP contribution in [0.3, 0.4) is 0 Å². The molecule has 0 spiro atoms. The van der Waals surface area contributed by atoms with Crippen LogP contribution < -0.4 is 4.74 Å². The number of hydrogen-bond donors (Lipinski definition) is 0. The summed E-state index contributed by atoms with van der Waals surface area (Å²) in [6.07, 6.45) is 3.28. The van der Waals surface area contributed by atoms with Crippen molar-refractivity contribution in [1.29, 1.82) is 0 Å². The van der Waals surface area contributed by atoms with E-state index in [0.717, 1.165) is 30.6 Å². The fourth-order valence-corrected chi connectivity index (χ4v) is 3.11. The highest BCUT2D eigenvalue weighted by molar-refractivity contribution is 5.70. The van der Waals surface area contributed by atoms with Gasteiger partial charge in [-0.25, -0.2) is 4.79 Å². The van der Waals surface area contributed by atoms with Gasteiger partial charge < -0.3 is 14.2 Å². The zero-order valence-electron chi connectivity index (χ0n) is 13.1. The second-order valence-electron chi connectivity index (χ2n) is 5.37. The van der Waals surface area contributed by atoms with E-state index in [0.29, 0.717) is 12.5 Å².